The van der Waals surface area contributed by atoms with Gasteiger partial charge >= 0.3 is 0 Å². The molecule has 5 nitrogen and oxygen atoms in total. The fourth-order valence-corrected chi connectivity index (χ4v) is 3.94. The van der Waals surface area contributed by atoms with Crippen LogP contribution in [0.3, 0.4) is 0 Å². The van der Waals surface area contributed by atoms with E-state index < -0.39 is 15.5 Å². The molecular formula is C11H11BrN2O3S2. The zero-order chi connectivity index (χ0) is 14.0. The molecule has 0 saturated carbocycles. The van der Waals surface area contributed by atoms with Crippen molar-refractivity contribution in [1.29, 1.82) is 0 Å². The summed E-state index contributed by atoms with van der Waals surface area (Å²) in [6.07, 6.45) is 2.61. The molecule has 0 saturated heterocycles. The van der Waals surface area contributed by atoms with Crippen LogP contribution in [0.4, 0.5) is 0 Å². The van der Waals surface area contributed by atoms with Crippen molar-refractivity contribution in [3.8, 4) is 0 Å². The third-order valence-corrected chi connectivity index (χ3v) is 5.88. The molecule has 0 fully saturated rings. The van der Waals surface area contributed by atoms with E-state index in [0.717, 1.165) is 13.7 Å². The normalized spacial score (nSPS) is 11.9. The van der Waals surface area contributed by atoms with Crippen molar-refractivity contribution in [2.24, 2.45) is 0 Å². The first kappa shape index (κ1) is 14.4. The summed E-state index contributed by atoms with van der Waals surface area (Å²) in [4.78, 5) is 14.0. The zero-order valence-corrected chi connectivity index (χ0v) is 13.2. The first-order chi connectivity index (χ1) is 8.91. The summed E-state index contributed by atoms with van der Waals surface area (Å²) in [7, 11) is -2.33. The van der Waals surface area contributed by atoms with Crippen LogP contribution in [0.2, 0.25) is 0 Å². The van der Waals surface area contributed by atoms with Crippen molar-refractivity contribution in [2.75, 3.05) is 7.05 Å². The van der Waals surface area contributed by atoms with Gasteiger partial charge in [0, 0.05) is 32.1 Å². The van der Waals surface area contributed by atoms with Gasteiger partial charge in [-0.3, -0.25) is 4.79 Å². The minimum atomic E-state index is -3.78. The Morgan fingerprint density at radius 1 is 1.47 bits per heavy atom. The fourth-order valence-electron chi connectivity index (χ4n) is 1.54. The van der Waals surface area contributed by atoms with Crippen LogP contribution in [-0.2, 0) is 16.6 Å². The maximum atomic E-state index is 12.3. The molecule has 1 N–H and O–H groups in total. The Labute approximate surface area is 123 Å². The van der Waals surface area contributed by atoms with Crippen LogP contribution in [0, 0.1) is 0 Å². The molecule has 0 bridgehead atoms. The standard InChI is InChI=1S/C11H11BrN2O3S2/c1-14(6-8-4-11(12)18-7-8)19(16,17)10-5-13-3-2-9(10)15/h2-5,7H,6H2,1H3,(H,13,15). The molecule has 2 heterocycles. The smallest absolute Gasteiger partial charge is 0.248 e. The second kappa shape index (κ2) is 5.58. The van der Waals surface area contributed by atoms with Crippen LogP contribution >= 0.6 is 27.3 Å². The largest absolute Gasteiger partial charge is 0.366 e. The molecule has 0 aliphatic heterocycles. The molecule has 2 aromatic heterocycles. The third-order valence-electron chi connectivity index (χ3n) is 2.50. The summed E-state index contributed by atoms with van der Waals surface area (Å²) < 4.78 is 26.6. The van der Waals surface area contributed by atoms with Gasteiger partial charge in [-0.1, -0.05) is 0 Å². The van der Waals surface area contributed by atoms with E-state index in [9.17, 15) is 13.2 Å². The predicted octanol–water partition coefficient (Wildman–Crippen LogP) is 2.02. The molecular weight excluding hydrogens is 352 g/mol. The Hall–Kier alpha value is -0.960. The SMILES string of the molecule is CN(Cc1csc(Br)c1)S(=O)(=O)c1c[nH]ccc1=O. The van der Waals surface area contributed by atoms with Crippen molar-refractivity contribution in [1.82, 2.24) is 9.29 Å². The van der Waals surface area contributed by atoms with Gasteiger partial charge in [0.1, 0.15) is 4.90 Å². The van der Waals surface area contributed by atoms with Crippen LogP contribution in [0.15, 0.2) is 43.4 Å². The van der Waals surface area contributed by atoms with E-state index in [4.69, 9.17) is 0 Å². The summed E-state index contributed by atoms with van der Waals surface area (Å²) in [5.74, 6) is 0. The molecule has 0 unspecified atom stereocenters. The number of hydrogen-bond acceptors (Lipinski definition) is 4. The molecule has 19 heavy (non-hydrogen) atoms. The van der Waals surface area contributed by atoms with Gasteiger partial charge in [-0.05, 0) is 32.9 Å². The van der Waals surface area contributed by atoms with E-state index >= 15 is 0 Å². The number of nitrogens with one attached hydrogen (secondary N) is 1. The number of pyridine rings is 1. The highest BCUT2D eigenvalue weighted by Crippen LogP contribution is 2.22. The number of hydrogen-bond donors (Lipinski definition) is 1. The Morgan fingerprint density at radius 2 is 2.21 bits per heavy atom. The lowest BCUT2D eigenvalue weighted by Gasteiger charge is -2.15. The first-order valence-electron chi connectivity index (χ1n) is 5.27. The zero-order valence-electron chi connectivity index (χ0n) is 9.96. The maximum absolute atomic E-state index is 12.3. The number of thiophene rings is 1. The molecule has 0 spiro atoms. The highest BCUT2D eigenvalue weighted by molar-refractivity contribution is 9.11. The molecule has 0 aliphatic carbocycles. The molecule has 2 aromatic rings. The monoisotopic (exact) mass is 362 g/mol. The van der Waals surface area contributed by atoms with Gasteiger partial charge < -0.3 is 4.98 Å². The van der Waals surface area contributed by atoms with E-state index in [1.807, 2.05) is 11.4 Å². The maximum Gasteiger partial charge on any atom is 0.248 e. The van der Waals surface area contributed by atoms with Gasteiger partial charge in [0.05, 0.1) is 3.79 Å². The lowest BCUT2D eigenvalue weighted by atomic mass is 10.3. The van der Waals surface area contributed by atoms with Gasteiger partial charge in [-0.25, -0.2) is 8.42 Å². The van der Waals surface area contributed by atoms with Crippen molar-refractivity contribution >= 4 is 37.3 Å². The van der Waals surface area contributed by atoms with Gasteiger partial charge in [0.15, 0.2) is 0 Å². The number of halogens is 1. The number of aromatic amines is 1. The minimum Gasteiger partial charge on any atom is -0.366 e. The molecule has 8 heteroatoms. The van der Waals surface area contributed by atoms with Crippen molar-refractivity contribution in [3.63, 3.8) is 0 Å². The number of aromatic nitrogens is 1. The van der Waals surface area contributed by atoms with Crippen LogP contribution in [-0.4, -0.2) is 24.8 Å². The molecule has 0 atom stereocenters. The summed E-state index contributed by atoms with van der Waals surface area (Å²) in [5, 5.41) is 1.87. The molecule has 0 aliphatic rings. The predicted molar refractivity (Wildman–Crippen MR) is 77.7 cm³/mol. The highest BCUT2D eigenvalue weighted by atomic mass is 79.9. The van der Waals surface area contributed by atoms with E-state index in [2.05, 4.69) is 20.9 Å². The second-order valence-electron chi connectivity index (χ2n) is 3.89. The number of sulfonamides is 1. The lowest BCUT2D eigenvalue weighted by molar-refractivity contribution is 0.466. The van der Waals surface area contributed by atoms with Gasteiger partial charge in [0.2, 0.25) is 15.5 Å². The average molecular weight is 363 g/mol. The minimum absolute atomic E-state index is 0.221. The lowest BCUT2D eigenvalue weighted by Crippen LogP contribution is -2.30. The van der Waals surface area contributed by atoms with E-state index in [1.165, 1.54) is 36.8 Å². The number of H-pyrrole nitrogens is 1. The van der Waals surface area contributed by atoms with Crippen LogP contribution in [0.5, 0.6) is 0 Å². The van der Waals surface area contributed by atoms with E-state index in [-0.39, 0.29) is 11.4 Å². The van der Waals surface area contributed by atoms with Gasteiger partial charge in [0.25, 0.3) is 0 Å². The van der Waals surface area contributed by atoms with Gasteiger partial charge in [-0.2, -0.15) is 4.31 Å². The first-order valence-corrected chi connectivity index (χ1v) is 8.39. The van der Waals surface area contributed by atoms with Crippen molar-refractivity contribution < 1.29 is 8.42 Å². The Morgan fingerprint density at radius 3 is 2.79 bits per heavy atom. The van der Waals surface area contributed by atoms with Crippen molar-refractivity contribution in [2.45, 2.75) is 11.4 Å². The third kappa shape index (κ3) is 3.14. The fraction of sp³-hybridized carbons (Fsp3) is 0.182. The number of nitrogens with zero attached hydrogens (tertiary/aromatic N) is 1. The van der Waals surface area contributed by atoms with Crippen molar-refractivity contribution in [3.05, 3.63) is 49.5 Å². The number of rotatable bonds is 4. The summed E-state index contributed by atoms with van der Waals surface area (Å²) in [6.45, 7) is 0.221. The van der Waals surface area contributed by atoms with Crippen LogP contribution in [0.25, 0.3) is 0 Å². The molecule has 0 aromatic carbocycles. The quantitative estimate of drug-likeness (QED) is 0.904. The van der Waals surface area contributed by atoms with E-state index in [0.29, 0.717) is 0 Å². The molecule has 102 valence electrons. The molecule has 0 radical (unpaired) electrons. The van der Waals surface area contributed by atoms with Gasteiger partial charge in [-0.15, -0.1) is 11.3 Å². The summed E-state index contributed by atoms with van der Waals surface area (Å²) >= 11 is 4.81. The summed E-state index contributed by atoms with van der Waals surface area (Å²) in [6, 6.07) is 3.05. The molecule has 0 amide bonds. The van der Waals surface area contributed by atoms with Crippen LogP contribution in [0.1, 0.15) is 5.56 Å². The Kier molecular flexibility index (Phi) is 4.24. The molecule has 2 rings (SSSR count). The highest BCUT2D eigenvalue weighted by Gasteiger charge is 2.23. The van der Waals surface area contributed by atoms with Crippen LogP contribution < -0.4 is 5.43 Å². The van der Waals surface area contributed by atoms with E-state index in [1.54, 1.807) is 0 Å². The summed E-state index contributed by atoms with van der Waals surface area (Å²) in [5.41, 5.74) is 0.354. The Balaban J connectivity index is 2.30. The Bertz CT molecular complexity index is 736. The topological polar surface area (TPSA) is 70.2 Å². The second-order valence-corrected chi connectivity index (χ2v) is 8.20. The average Bonchev–Trinajstić information content (AvgIpc) is 2.75.